The number of nitrogens with one attached hydrogen (secondary N) is 1. The lowest BCUT2D eigenvalue weighted by atomic mass is 9.99. The monoisotopic (exact) mass is 275 g/mol. The highest BCUT2D eigenvalue weighted by Gasteiger charge is 2.26. The average molecular weight is 275 g/mol. The van der Waals surface area contributed by atoms with Gasteiger partial charge in [0.05, 0.1) is 5.54 Å². The first kappa shape index (κ1) is 14.5. The maximum atomic E-state index is 12.0. The molecule has 20 heavy (non-hydrogen) atoms. The van der Waals surface area contributed by atoms with Gasteiger partial charge in [0, 0.05) is 24.3 Å². The van der Waals surface area contributed by atoms with E-state index in [1.54, 1.807) is 24.0 Å². The van der Waals surface area contributed by atoms with Crippen molar-refractivity contribution in [2.24, 2.45) is 5.73 Å². The predicted octanol–water partition coefficient (Wildman–Crippen LogP) is 1.88. The lowest BCUT2D eigenvalue weighted by Crippen LogP contribution is -2.47. The third-order valence-electron chi connectivity index (χ3n) is 3.76. The summed E-state index contributed by atoms with van der Waals surface area (Å²) in [5.41, 5.74) is 6.58. The van der Waals surface area contributed by atoms with Gasteiger partial charge in [0.1, 0.15) is 0 Å². The van der Waals surface area contributed by atoms with Gasteiger partial charge in [-0.2, -0.15) is 0 Å². The molecule has 0 spiro atoms. The second-order valence-corrected chi connectivity index (χ2v) is 5.42. The van der Waals surface area contributed by atoms with Gasteiger partial charge in [-0.15, -0.1) is 0 Å². The fourth-order valence-electron chi connectivity index (χ4n) is 2.08. The van der Waals surface area contributed by atoms with Gasteiger partial charge in [-0.1, -0.05) is 6.92 Å². The zero-order valence-corrected chi connectivity index (χ0v) is 12.0. The minimum Gasteiger partial charge on any atom is -0.325 e. The molecule has 1 atom stereocenters. The fraction of sp³-hybridized carbons (Fsp3) is 0.467. The summed E-state index contributed by atoms with van der Waals surface area (Å²) in [4.78, 5) is 25.4. The van der Waals surface area contributed by atoms with Gasteiger partial charge in [0.25, 0.3) is 0 Å². The second kappa shape index (κ2) is 5.63. The van der Waals surface area contributed by atoms with Crippen molar-refractivity contribution in [2.45, 2.75) is 38.6 Å². The van der Waals surface area contributed by atoms with Crippen LogP contribution >= 0.6 is 0 Å². The molecule has 1 aromatic rings. The van der Waals surface area contributed by atoms with E-state index in [0.717, 1.165) is 18.7 Å². The van der Waals surface area contributed by atoms with Crippen molar-refractivity contribution in [2.75, 3.05) is 16.8 Å². The van der Waals surface area contributed by atoms with Crippen LogP contribution in [0.25, 0.3) is 0 Å². The molecule has 0 saturated carbocycles. The molecule has 1 saturated heterocycles. The van der Waals surface area contributed by atoms with E-state index in [-0.39, 0.29) is 11.8 Å². The van der Waals surface area contributed by atoms with Crippen molar-refractivity contribution in [1.29, 1.82) is 0 Å². The first-order valence-corrected chi connectivity index (χ1v) is 6.95. The molecule has 0 bridgehead atoms. The lowest BCUT2D eigenvalue weighted by Gasteiger charge is -2.22. The molecule has 3 N–H and O–H groups in total. The predicted molar refractivity (Wildman–Crippen MR) is 79.5 cm³/mol. The van der Waals surface area contributed by atoms with E-state index in [4.69, 9.17) is 5.73 Å². The topological polar surface area (TPSA) is 75.4 Å². The Morgan fingerprint density at radius 2 is 2.05 bits per heavy atom. The second-order valence-electron chi connectivity index (χ2n) is 5.42. The normalized spacial score (nSPS) is 17.9. The van der Waals surface area contributed by atoms with Crippen LogP contribution in [-0.4, -0.2) is 23.9 Å². The maximum Gasteiger partial charge on any atom is 0.244 e. The Morgan fingerprint density at radius 3 is 2.55 bits per heavy atom. The number of benzene rings is 1. The Bertz CT molecular complexity index is 508. The zero-order valence-electron chi connectivity index (χ0n) is 12.0. The summed E-state index contributed by atoms with van der Waals surface area (Å²) in [5.74, 6) is -0.0488. The average Bonchev–Trinajstić information content (AvgIpc) is 2.86. The highest BCUT2D eigenvalue weighted by atomic mass is 16.2. The Labute approximate surface area is 119 Å². The van der Waals surface area contributed by atoms with Gasteiger partial charge in [0.15, 0.2) is 0 Å². The molecule has 1 unspecified atom stereocenters. The first-order chi connectivity index (χ1) is 9.44. The number of carbonyl (C=O) groups is 2. The lowest BCUT2D eigenvalue weighted by molar-refractivity contribution is -0.120. The zero-order chi connectivity index (χ0) is 14.8. The van der Waals surface area contributed by atoms with Crippen LogP contribution in [0.2, 0.25) is 0 Å². The van der Waals surface area contributed by atoms with Crippen LogP contribution in [0.15, 0.2) is 24.3 Å². The Balaban J connectivity index is 2.05. The molecule has 1 aliphatic rings. The number of hydrogen-bond donors (Lipinski definition) is 2. The summed E-state index contributed by atoms with van der Waals surface area (Å²) in [7, 11) is 0. The molecule has 108 valence electrons. The molecule has 5 heteroatoms. The van der Waals surface area contributed by atoms with E-state index < -0.39 is 5.54 Å². The number of carbonyl (C=O) groups excluding carboxylic acids is 2. The maximum absolute atomic E-state index is 12.0. The van der Waals surface area contributed by atoms with E-state index in [1.165, 1.54) is 0 Å². The van der Waals surface area contributed by atoms with E-state index >= 15 is 0 Å². The summed E-state index contributed by atoms with van der Waals surface area (Å²) in [5, 5.41) is 2.79. The van der Waals surface area contributed by atoms with E-state index in [1.807, 2.05) is 19.1 Å². The van der Waals surface area contributed by atoms with Crippen LogP contribution in [0.5, 0.6) is 0 Å². The molecule has 2 rings (SSSR count). The van der Waals surface area contributed by atoms with Gasteiger partial charge in [0.2, 0.25) is 11.8 Å². The van der Waals surface area contributed by atoms with Crippen molar-refractivity contribution < 1.29 is 9.59 Å². The van der Waals surface area contributed by atoms with Crippen molar-refractivity contribution >= 4 is 23.2 Å². The number of amides is 2. The standard InChI is InChI=1S/C15H21N3O2/c1-3-15(2,16)14(20)17-11-6-8-12(9-7-11)18-10-4-5-13(18)19/h6-9H,3-5,10,16H2,1-2H3,(H,17,20). The van der Waals surface area contributed by atoms with Gasteiger partial charge >= 0.3 is 0 Å². The number of nitrogens with zero attached hydrogens (tertiary/aromatic N) is 1. The Morgan fingerprint density at radius 1 is 1.40 bits per heavy atom. The van der Waals surface area contributed by atoms with Crippen LogP contribution < -0.4 is 16.0 Å². The number of hydrogen-bond acceptors (Lipinski definition) is 3. The van der Waals surface area contributed by atoms with Crippen molar-refractivity contribution in [3.05, 3.63) is 24.3 Å². The number of rotatable bonds is 4. The van der Waals surface area contributed by atoms with Gasteiger partial charge < -0.3 is 16.0 Å². The molecule has 0 radical (unpaired) electrons. The number of nitrogens with two attached hydrogens (primary N) is 1. The molecule has 0 aliphatic carbocycles. The van der Waals surface area contributed by atoms with Gasteiger partial charge in [-0.3, -0.25) is 9.59 Å². The van der Waals surface area contributed by atoms with Crippen LogP contribution in [0.1, 0.15) is 33.1 Å². The quantitative estimate of drug-likeness (QED) is 0.881. The molecule has 1 aromatic carbocycles. The third kappa shape index (κ3) is 2.99. The third-order valence-corrected chi connectivity index (χ3v) is 3.76. The molecule has 1 aliphatic heterocycles. The van der Waals surface area contributed by atoms with Crippen LogP contribution in [0.3, 0.4) is 0 Å². The van der Waals surface area contributed by atoms with Gasteiger partial charge in [-0.25, -0.2) is 0 Å². The summed E-state index contributed by atoms with van der Waals surface area (Å²) in [6, 6.07) is 7.28. The molecule has 2 amide bonds. The largest absolute Gasteiger partial charge is 0.325 e. The summed E-state index contributed by atoms with van der Waals surface area (Å²) in [6.45, 7) is 4.35. The molecular weight excluding hydrogens is 254 g/mol. The first-order valence-electron chi connectivity index (χ1n) is 6.95. The van der Waals surface area contributed by atoms with E-state index in [9.17, 15) is 9.59 Å². The van der Waals surface area contributed by atoms with Crippen LogP contribution in [-0.2, 0) is 9.59 Å². The highest BCUT2D eigenvalue weighted by molar-refractivity contribution is 5.98. The molecular formula is C15H21N3O2. The van der Waals surface area contributed by atoms with Crippen LogP contribution in [0, 0.1) is 0 Å². The highest BCUT2D eigenvalue weighted by Crippen LogP contribution is 2.23. The number of anilines is 2. The molecule has 1 heterocycles. The summed E-state index contributed by atoms with van der Waals surface area (Å²) >= 11 is 0. The summed E-state index contributed by atoms with van der Waals surface area (Å²) in [6.07, 6.45) is 2.08. The van der Waals surface area contributed by atoms with E-state index in [0.29, 0.717) is 18.5 Å². The fourth-order valence-corrected chi connectivity index (χ4v) is 2.08. The Hall–Kier alpha value is -1.88. The smallest absolute Gasteiger partial charge is 0.244 e. The minimum absolute atomic E-state index is 0.155. The van der Waals surface area contributed by atoms with Crippen molar-refractivity contribution in [1.82, 2.24) is 0 Å². The van der Waals surface area contributed by atoms with Crippen molar-refractivity contribution in [3.63, 3.8) is 0 Å². The molecule has 1 fully saturated rings. The van der Waals surface area contributed by atoms with Crippen LogP contribution in [0.4, 0.5) is 11.4 Å². The molecule has 0 aromatic heterocycles. The van der Waals surface area contributed by atoms with Gasteiger partial charge in [-0.05, 0) is 44.0 Å². The SMILES string of the molecule is CCC(C)(N)C(=O)Nc1ccc(N2CCCC2=O)cc1. The summed E-state index contributed by atoms with van der Waals surface area (Å²) < 4.78 is 0. The van der Waals surface area contributed by atoms with E-state index in [2.05, 4.69) is 5.32 Å². The molecule has 5 nitrogen and oxygen atoms in total. The minimum atomic E-state index is -0.871. The van der Waals surface area contributed by atoms with Crippen molar-refractivity contribution in [3.8, 4) is 0 Å². The Kier molecular flexibility index (Phi) is 4.09.